The van der Waals surface area contributed by atoms with Gasteiger partial charge in [0.05, 0.1) is 6.54 Å². The molecule has 1 N–H and O–H groups in total. The number of benzene rings is 1. The zero-order valence-corrected chi connectivity index (χ0v) is 17.2. The summed E-state index contributed by atoms with van der Waals surface area (Å²) in [6.45, 7) is 3.56. The summed E-state index contributed by atoms with van der Waals surface area (Å²) in [6, 6.07) is 10.9. The molecule has 0 saturated heterocycles. The summed E-state index contributed by atoms with van der Waals surface area (Å²) in [7, 11) is 5.94. The highest BCUT2D eigenvalue weighted by Gasteiger charge is 2.10. The first kappa shape index (κ1) is 18.6. The Hall–Kier alpha value is -2.21. The van der Waals surface area contributed by atoms with Gasteiger partial charge in [-0.15, -0.1) is 0 Å². The average Bonchev–Trinajstić information content (AvgIpc) is 3.26. The Morgan fingerprint density at radius 3 is 2.50 bits per heavy atom. The summed E-state index contributed by atoms with van der Waals surface area (Å²) >= 11 is 3.53. The second-order valence-corrected chi connectivity index (χ2v) is 7.48. The molecule has 1 aliphatic rings. The van der Waals surface area contributed by atoms with Crippen LogP contribution in [0.25, 0.3) is 0 Å². The molecule has 1 aliphatic heterocycles. The molecular formula is C20H26BrN5. The van der Waals surface area contributed by atoms with E-state index in [0.717, 1.165) is 36.6 Å². The summed E-state index contributed by atoms with van der Waals surface area (Å²) in [4.78, 5) is 8.89. The zero-order valence-electron chi connectivity index (χ0n) is 15.6. The first-order valence-electron chi connectivity index (χ1n) is 8.78. The van der Waals surface area contributed by atoms with Crippen LogP contribution in [0, 0.1) is 0 Å². The maximum Gasteiger partial charge on any atom is 0.194 e. The van der Waals surface area contributed by atoms with E-state index in [9.17, 15) is 0 Å². The van der Waals surface area contributed by atoms with E-state index in [-0.39, 0.29) is 0 Å². The predicted molar refractivity (Wildman–Crippen MR) is 113 cm³/mol. The number of aromatic nitrogens is 1. The molecule has 0 aliphatic carbocycles. The van der Waals surface area contributed by atoms with Crippen molar-refractivity contribution in [3.63, 3.8) is 0 Å². The number of halogens is 1. The fourth-order valence-electron chi connectivity index (χ4n) is 3.12. The lowest BCUT2D eigenvalue weighted by atomic mass is 10.2. The molecule has 1 aromatic carbocycles. The number of hydrogen-bond donors (Lipinski definition) is 1. The van der Waals surface area contributed by atoms with Crippen molar-refractivity contribution in [2.45, 2.75) is 13.1 Å². The van der Waals surface area contributed by atoms with Gasteiger partial charge in [0.2, 0.25) is 0 Å². The topological polar surface area (TPSA) is 35.8 Å². The molecular weight excluding hydrogens is 390 g/mol. The number of rotatable bonds is 5. The van der Waals surface area contributed by atoms with Crippen molar-refractivity contribution in [3.05, 3.63) is 64.4 Å². The van der Waals surface area contributed by atoms with Crippen molar-refractivity contribution in [2.75, 3.05) is 32.1 Å². The van der Waals surface area contributed by atoms with Gasteiger partial charge in [0, 0.05) is 62.8 Å². The van der Waals surface area contributed by atoms with Gasteiger partial charge in [0.15, 0.2) is 5.96 Å². The molecule has 0 fully saturated rings. The highest BCUT2D eigenvalue weighted by atomic mass is 79.9. The molecule has 0 radical (unpaired) electrons. The minimum Gasteiger partial charge on any atom is -0.364 e. The Labute approximate surface area is 164 Å². The lowest BCUT2D eigenvalue weighted by molar-refractivity contribution is 0.461. The maximum atomic E-state index is 4.41. The van der Waals surface area contributed by atoms with Gasteiger partial charge in [0.1, 0.15) is 0 Å². The van der Waals surface area contributed by atoms with E-state index in [0.29, 0.717) is 0 Å². The van der Waals surface area contributed by atoms with Crippen molar-refractivity contribution in [2.24, 2.45) is 12.0 Å². The molecule has 0 spiro atoms. The van der Waals surface area contributed by atoms with Crippen molar-refractivity contribution < 1.29 is 0 Å². The van der Waals surface area contributed by atoms with E-state index in [1.54, 1.807) is 0 Å². The molecule has 1 aromatic heterocycles. The molecule has 0 atom stereocenters. The largest absolute Gasteiger partial charge is 0.364 e. The van der Waals surface area contributed by atoms with Crippen molar-refractivity contribution in [1.29, 1.82) is 0 Å². The quantitative estimate of drug-likeness (QED) is 0.461. The van der Waals surface area contributed by atoms with Crippen LogP contribution in [-0.2, 0) is 20.1 Å². The van der Waals surface area contributed by atoms with Crippen molar-refractivity contribution >= 4 is 27.6 Å². The molecule has 2 heterocycles. The van der Waals surface area contributed by atoms with Crippen LogP contribution in [0.3, 0.4) is 0 Å². The van der Waals surface area contributed by atoms with Crippen LogP contribution < -0.4 is 10.2 Å². The average molecular weight is 416 g/mol. The molecule has 3 rings (SSSR count). The highest BCUT2D eigenvalue weighted by Crippen LogP contribution is 2.18. The normalized spacial score (nSPS) is 14.2. The van der Waals surface area contributed by atoms with Crippen LogP contribution in [0.4, 0.5) is 5.69 Å². The Morgan fingerprint density at radius 2 is 1.92 bits per heavy atom. The predicted octanol–water partition coefficient (Wildman–Crippen LogP) is 3.37. The van der Waals surface area contributed by atoms with Gasteiger partial charge in [-0.3, -0.25) is 4.99 Å². The van der Waals surface area contributed by atoms with Gasteiger partial charge < -0.3 is 19.7 Å². The summed E-state index contributed by atoms with van der Waals surface area (Å²) < 4.78 is 3.22. The molecule has 6 heteroatoms. The molecule has 0 saturated carbocycles. The Bertz CT molecular complexity index is 783. The molecule has 138 valence electrons. The summed E-state index contributed by atoms with van der Waals surface area (Å²) in [5, 5.41) is 3.45. The third kappa shape index (κ3) is 4.49. The van der Waals surface area contributed by atoms with E-state index in [1.807, 2.05) is 7.05 Å². The van der Waals surface area contributed by atoms with E-state index >= 15 is 0 Å². The number of aryl methyl sites for hydroxylation is 1. The summed E-state index contributed by atoms with van der Waals surface area (Å²) in [5.41, 5.74) is 3.75. The van der Waals surface area contributed by atoms with Gasteiger partial charge in [-0.25, -0.2) is 0 Å². The fraction of sp³-hybridized carbons (Fsp3) is 0.350. The minimum absolute atomic E-state index is 0.756. The van der Waals surface area contributed by atoms with Crippen LogP contribution in [0.2, 0.25) is 0 Å². The standard InChI is InChI=1S/C20H26BrN5/c1-22-20(25(3)15-19-12-17(21)14-24(19)2)23-13-16-6-8-18(9-7-16)26-10-4-5-11-26/h4-9,12,14H,10-11,13,15H2,1-3H3,(H,22,23). The highest BCUT2D eigenvalue weighted by molar-refractivity contribution is 9.10. The minimum atomic E-state index is 0.756. The fourth-order valence-corrected chi connectivity index (χ4v) is 3.69. The van der Waals surface area contributed by atoms with Gasteiger partial charge in [-0.2, -0.15) is 0 Å². The van der Waals surface area contributed by atoms with Crippen LogP contribution in [0.5, 0.6) is 0 Å². The number of nitrogens with one attached hydrogen (secondary N) is 1. The molecule has 0 bridgehead atoms. The molecule has 26 heavy (non-hydrogen) atoms. The third-order valence-corrected chi connectivity index (χ3v) is 5.05. The second-order valence-electron chi connectivity index (χ2n) is 6.56. The van der Waals surface area contributed by atoms with Crippen LogP contribution in [-0.4, -0.2) is 42.6 Å². The lowest BCUT2D eigenvalue weighted by Crippen LogP contribution is -2.38. The molecule has 0 unspecified atom stereocenters. The molecule has 5 nitrogen and oxygen atoms in total. The van der Waals surface area contributed by atoms with Gasteiger partial charge in [-0.1, -0.05) is 24.3 Å². The van der Waals surface area contributed by atoms with Gasteiger partial charge in [-0.05, 0) is 39.7 Å². The first-order chi connectivity index (χ1) is 12.6. The summed E-state index contributed by atoms with van der Waals surface area (Å²) in [6.07, 6.45) is 6.48. The summed E-state index contributed by atoms with van der Waals surface area (Å²) in [5.74, 6) is 0.884. The van der Waals surface area contributed by atoms with E-state index in [4.69, 9.17) is 0 Å². The van der Waals surface area contributed by atoms with Crippen molar-refractivity contribution in [1.82, 2.24) is 14.8 Å². The molecule has 0 amide bonds. The third-order valence-electron chi connectivity index (χ3n) is 4.62. The van der Waals surface area contributed by atoms with Crippen LogP contribution in [0.1, 0.15) is 11.3 Å². The SMILES string of the molecule is CN=C(NCc1ccc(N2CC=CC2)cc1)N(C)Cc1cc(Br)cn1C. The maximum absolute atomic E-state index is 4.41. The van der Waals surface area contributed by atoms with E-state index < -0.39 is 0 Å². The number of hydrogen-bond acceptors (Lipinski definition) is 2. The lowest BCUT2D eigenvalue weighted by Gasteiger charge is -2.22. The second kappa shape index (κ2) is 8.45. The number of aliphatic imine (C=N–C) groups is 1. The zero-order chi connectivity index (χ0) is 18.5. The van der Waals surface area contributed by atoms with E-state index in [1.165, 1.54) is 16.9 Å². The van der Waals surface area contributed by atoms with Gasteiger partial charge in [0.25, 0.3) is 0 Å². The Balaban J connectivity index is 1.55. The van der Waals surface area contributed by atoms with Crippen LogP contribution in [0.15, 0.2) is 58.1 Å². The first-order valence-corrected chi connectivity index (χ1v) is 9.57. The van der Waals surface area contributed by atoms with Crippen LogP contribution >= 0.6 is 15.9 Å². The number of nitrogens with zero attached hydrogens (tertiary/aromatic N) is 4. The number of guanidine groups is 1. The smallest absolute Gasteiger partial charge is 0.194 e. The molecule has 2 aromatic rings. The van der Waals surface area contributed by atoms with E-state index in [2.05, 4.69) is 103 Å². The van der Waals surface area contributed by atoms with Crippen molar-refractivity contribution in [3.8, 4) is 0 Å². The van der Waals surface area contributed by atoms with Gasteiger partial charge >= 0.3 is 0 Å². The Morgan fingerprint density at radius 1 is 1.23 bits per heavy atom. The monoisotopic (exact) mass is 415 g/mol. The Kier molecular flexibility index (Phi) is 6.04. The number of anilines is 1.